The first kappa shape index (κ1) is 13.0. The average Bonchev–Trinajstić information content (AvgIpc) is 2.99. The first-order chi connectivity index (χ1) is 8.70. The molecule has 1 aliphatic heterocycles. The first-order valence-electron chi connectivity index (χ1n) is 5.87. The third kappa shape index (κ3) is 3.08. The first-order valence-corrected chi connectivity index (χ1v) is 6.75. The molecule has 1 unspecified atom stereocenters. The summed E-state index contributed by atoms with van der Waals surface area (Å²) in [6, 6.07) is 1.72. The van der Waals surface area contributed by atoms with Crippen LogP contribution in [0.2, 0.25) is 0 Å². The van der Waals surface area contributed by atoms with Crippen LogP contribution in [0.3, 0.4) is 0 Å². The molecule has 2 N–H and O–H groups in total. The topological polar surface area (TPSA) is 67.4 Å². The summed E-state index contributed by atoms with van der Waals surface area (Å²) in [5.74, 6) is -0.0692. The fourth-order valence-corrected chi connectivity index (χ4v) is 2.78. The van der Waals surface area contributed by atoms with Crippen molar-refractivity contribution in [3.63, 3.8) is 0 Å². The van der Waals surface area contributed by atoms with E-state index in [4.69, 9.17) is 0 Å². The van der Waals surface area contributed by atoms with Gasteiger partial charge in [-0.2, -0.15) is 0 Å². The van der Waals surface area contributed by atoms with Crippen LogP contribution < -0.4 is 10.6 Å². The number of ether oxygens (including phenoxy) is 1. The van der Waals surface area contributed by atoms with Crippen LogP contribution >= 0.6 is 11.3 Å². The summed E-state index contributed by atoms with van der Waals surface area (Å²) in [6.45, 7) is 1.87. The fraction of sp³-hybridized carbons (Fsp3) is 0.500. The van der Waals surface area contributed by atoms with E-state index >= 15 is 0 Å². The molecule has 2 rings (SSSR count). The van der Waals surface area contributed by atoms with E-state index in [9.17, 15) is 9.59 Å². The molecular weight excluding hydrogens is 252 g/mol. The van der Waals surface area contributed by atoms with Gasteiger partial charge in [0.2, 0.25) is 5.91 Å². The van der Waals surface area contributed by atoms with Crippen LogP contribution in [0.25, 0.3) is 0 Å². The van der Waals surface area contributed by atoms with Crippen molar-refractivity contribution in [2.45, 2.75) is 12.8 Å². The standard InChI is InChI=1S/C12H16N2O3S/c1-17-12(16)11-9(3-5-18-11)14-10(15)6-8-2-4-13-7-8/h3,5,8,13H,2,4,6-7H2,1H3,(H,14,15). The van der Waals surface area contributed by atoms with Gasteiger partial charge in [0.05, 0.1) is 12.8 Å². The fourth-order valence-electron chi connectivity index (χ4n) is 2.01. The maximum atomic E-state index is 11.8. The number of rotatable bonds is 4. The van der Waals surface area contributed by atoms with Crippen molar-refractivity contribution in [3.05, 3.63) is 16.3 Å². The molecule has 0 aliphatic carbocycles. The van der Waals surface area contributed by atoms with Crippen LogP contribution in [-0.2, 0) is 9.53 Å². The summed E-state index contributed by atoms with van der Waals surface area (Å²) in [6.07, 6.45) is 1.52. The van der Waals surface area contributed by atoms with Gasteiger partial charge < -0.3 is 15.4 Å². The summed E-state index contributed by atoms with van der Waals surface area (Å²) in [5, 5.41) is 7.76. The van der Waals surface area contributed by atoms with Crippen LogP contribution in [0.4, 0.5) is 5.69 Å². The molecule has 0 radical (unpaired) electrons. The minimum Gasteiger partial charge on any atom is -0.465 e. The lowest BCUT2D eigenvalue weighted by Crippen LogP contribution is -2.19. The SMILES string of the molecule is COC(=O)c1sccc1NC(=O)CC1CCNC1. The number of anilines is 1. The second-order valence-electron chi connectivity index (χ2n) is 4.27. The number of carbonyl (C=O) groups excluding carboxylic acids is 2. The molecule has 18 heavy (non-hydrogen) atoms. The maximum absolute atomic E-state index is 11.8. The lowest BCUT2D eigenvalue weighted by Gasteiger charge is -2.09. The van der Waals surface area contributed by atoms with E-state index in [1.54, 1.807) is 11.4 Å². The van der Waals surface area contributed by atoms with E-state index in [1.807, 2.05) is 0 Å². The van der Waals surface area contributed by atoms with Gasteiger partial charge in [-0.1, -0.05) is 0 Å². The Bertz CT molecular complexity index is 438. The highest BCUT2D eigenvalue weighted by Gasteiger charge is 2.20. The van der Waals surface area contributed by atoms with E-state index in [-0.39, 0.29) is 5.91 Å². The molecule has 0 aromatic carbocycles. The van der Waals surface area contributed by atoms with E-state index in [2.05, 4.69) is 15.4 Å². The highest BCUT2D eigenvalue weighted by atomic mass is 32.1. The number of amides is 1. The second kappa shape index (κ2) is 5.97. The van der Waals surface area contributed by atoms with Crippen molar-refractivity contribution in [1.29, 1.82) is 0 Å². The molecular formula is C12H16N2O3S. The Hall–Kier alpha value is -1.40. The second-order valence-corrected chi connectivity index (χ2v) is 5.18. The Labute approximate surface area is 110 Å². The number of methoxy groups -OCH3 is 1. The lowest BCUT2D eigenvalue weighted by atomic mass is 10.0. The van der Waals surface area contributed by atoms with E-state index in [0.717, 1.165) is 19.5 Å². The molecule has 1 aromatic heterocycles. The monoisotopic (exact) mass is 268 g/mol. The van der Waals surface area contributed by atoms with E-state index in [1.165, 1.54) is 18.4 Å². The summed E-state index contributed by atoms with van der Waals surface area (Å²) in [4.78, 5) is 23.7. The van der Waals surface area contributed by atoms with Gasteiger partial charge in [-0.15, -0.1) is 11.3 Å². The van der Waals surface area contributed by atoms with Crippen molar-refractivity contribution in [2.24, 2.45) is 5.92 Å². The number of nitrogens with one attached hydrogen (secondary N) is 2. The number of thiophene rings is 1. The maximum Gasteiger partial charge on any atom is 0.350 e. The minimum atomic E-state index is -0.414. The third-order valence-electron chi connectivity index (χ3n) is 2.95. The largest absolute Gasteiger partial charge is 0.465 e. The summed E-state index contributed by atoms with van der Waals surface area (Å²) >= 11 is 1.27. The molecule has 98 valence electrons. The van der Waals surface area contributed by atoms with Gasteiger partial charge in [0.25, 0.3) is 0 Å². The van der Waals surface area contributed by atoms with Gasteiger partial charge >= 0.3 is 5.97 Å². The van der Waals surface area contributed by atoms with Gasteiger partial charge in [-0.3, -0.25) is 4.79 Å². The van der Waals surface area contributed by atoms with Crippen molar-refractivity contribution in [1.82, 2.24) is 5.32 Å². The Kier molecular flexibility index (Phi) is 4.33. The third-order valence-corrected chi connectivity index (χ3v) is 3.84. The van der Waals surface area contributed by atoms with Gasteiger partial charge in [-0.05, 0) is 36.9 Å². The number of hydrogen-bond acceptors (Lipinski definition) is 5. The number of hydrogen-bond donors (Lipinski definition) is 2. The molecule has 1 fully saturated rings. The molecule has 1 saturated heterocycles. The van der Waals surface area contributed by atoms with E-state index in [0.29, 0.717) is 22.9 Å². The van der Waals surface area contributed by atoms with Gasteiger partial charge in [0.15, 0.2) is 0 Å². The van der Waals surface area contributed by atoms with Crippen molar-refractivity contribution in [3.8, 4) is 0 Å². The van der Waals surface area contributed by atoms with Crippen molar-refractivity contribution >= 4 is 28.9 Å². The number of carbonyl (C=O) groups is 2. The molecule has 6 heteroatoms. The van der Waals surface area contributed by atoms with Crippen LogP contribution in [0, 0.1) is 5.92 Å². The minimum absolute atomic E-state index is 0.0488. The van der Waals surface area contributed by atoms with Gasteiger partial charge in [0, 0.05) is 6.42 Å². The zero-order valence-electron chi connectivity index (χ0n) is 10.2. The molecule has 1 aromatic rings. The lowest BCUT2D eigenvalue weighted by molar-refractivity contribution is -0.116. The quantitative estimate of drug-likeness (QED) is 0.812. The Balaban J connectivity index is 1.94. The van der Waals surface area contributed by atoms with Crippen molar-refractivity contribution in [2.75, 3.05) is 25.5 Å². The van der Waals surface area contributed by atoms with Crippen molar-refractivity contribution < 1.29 is 14.3 Å². The molecule has 1 atom stereocenters. The summed E-state index contributed by atoms with van der Waals surface area (Å²) in [5.41, 5.74) is 0.544. The molecule has 0 saturated carbocycles. The van der Waals surface area contributed by atoms with Crippen LogP contribution in [0.5, 0.6) is 0 Å². The molecule has 0 spiro atoms. The number of esters is 1. The molecule has 5 nitrogen and oxygen atoms in total. The van der Waals surface area contributed by atoms with Crippen LogP contribution in [-0.4, -0.2) is 32.1 Å². The van der Waals surface area contributed by atoms with Gasteiger partial charge in [0.1, 0.15) is 4.88 Å². The molecule has 1 amide bonds. The average molecular weight is 268 g/mol. The Morgan fingerprint density at radius 1 is 1.61 bits per heavy atom. The molecule has 1 aliphatic rings. The zero-order valence-corrected chi connectivity index (χ0v) is 11.0. The molecule has 2 heterocycles. The van der Waals surface area contributed by atoms with Crippen LogP contribution in [0.15, 0.2) is 11.4 Å². The highest BCUT2D eigenvalue weighted by Crippen LogP contribution is 2.24. The predicted molar refractivity (Wildman–Crippen MR) is 69.9 cm³/mol. The normalized spacial score (nSPS) is 18.6. The Morgan fingerprint density at radius 2 is 2.44 bits per heavy atom. The van der Waals surface area contributed by atoms with Crippen LogP contribution in [0.1, 0.15) is 22.5 Å². The highest BCUT2D eigenvalue weighted by molar-refractivity contribution is 7.12. The smallest absolute Gasteiger partial charge is 0.350 e. The summed E-state index contributed by atoms with van der Waals surface area (Å²) < 4.78 is 4.66. The molecule has 0 bridgehead atoms. The van der Waals surface area contributed by atoms with Gasteiger partial charge in [-0.25, -0.2) is 4.79 Å². The Morgan fingerprint density at radius 3 is 3.11 bits per heavy atom. The predicted octanol–water partition coefficient (Wildman–Crippen LogP) is 1.47. The summed E-state index contributed by atoms with van der Waals surface area (Å²) in [7, 11) is 1.33. The van der Waals surface area contributed by atoms with E-state index < -0.39 is 5.97 Å². The zero-order chi connectivity index (χ0) is 13.0.